The van der Waals surface area contributed by atoms with Gasteiger partial charge in [0.15, 0.2) is 0 Å². The largest absolute Gasteiger partial charge is 0.371 e. The highest BCUT2D eigenvalue weighted by Gasteiger charge is 2.19. The van der Waals surface area contributed by atoms with Gasteiger partial charge in [-0.1, -0.05) is 5.92 Å². The number of Topliss-reactive ketones (excluding diaryl/α,β-unsaturated/α-hetero) is 1. The second-order valence-corrected chi connectivity index (χ2v) is 3.68. The minimum Gasteiger partial charge on any atom is -0.371 e. The van der Waals surface area contributed by atoms with E-state index in [4.69, 9.17) is 4.74 Å². The first-order valence-electron chi connectivity index (χ1n) is 4.38. The van der Waals surface area contributed by atoms with E-state index in [-0.39, 0.29) is 11.4 Å². The molecule has 1 aliphatic rings. The topological polar surface area (TPSA) is 26.3 Å². The van der Waals surface area contributed by atoms with Crippen LogP contribution >= 0.6 is 0 Å². The molecule has 1 aliphatic heterocycles. The number of rotatable bonds is 0. The Labute approximate surface area is 79.0 Å². The molecule has 0 aromatic carbocycles. The summed E-state index contributed by atoms with van der Waals surface area (Å²) in [6, 6.07) is 0. The summed E-state index contributed by atoms with van der Waals surface area (Å²) in [6.45, 7) is 6.13. The third kappa shape index (κ3) is 3.43. The van der Waals surface area contributed by atoms with Crippen LogP contribution in [0.3, 0.4) is 0 Å². The Balaban J connectivity index is 2.77. The molecular formula is C11H14O2. The van der Waals surface area contributed by atoms with Gasteiger partial charge in [0.2, 0.25) is 5.78 Å². The maximum absolute atomic E-state index is 10.6. The average molecular weight is 178 g/mol. The fraction of sp³-hybridized carbons (Fsp3) is 0.545. The maximum atomic E-state index is 10.6. The van der Waals surface area contributed by atoms with Gasteiger partial charge in [0, 0.05) is 18.9 Å². The number of carbonyl (C=O) groups is 1. The summed E-state index contributed by atoms with van der Waals surface area (Å²) in [5.41, 5.74) is 0.769. The lowest BCUT2D eigenvalue weighted by Crippen LogP contribution is -2.26. The highest BCUT2D eigenvalue weighted by atomic mass is 16.5. The van der Waals surface area contributed by atoms with E-state index in [0.29, 0.717) is 6.61 Å². The van der Waals surface area contributed by atoms with Gasteiger partial charge in [-0.15, -0.1) is 0 Å². The summed E-state index contributed by atoms with van der Waals surface area (Å²) in [5.74, 6) is 5.31. The van der Waals surface area contributed by atoms with Crippen molar-refractivity contribution in [2.24, 2.45) is 0 Å². The van der Waals surface area contributed by atoms with E-state index in [2.05, 4.69) is 11.8 Å². The zero-order chi connectivity index (χ0) is 9.90. The van der Waals surface area contributed by atoms with E-state index in [0.717, 1.165) is 12.0 Å². The predicted molar refractivity (Wildman–Crippen MR) is 51.2 cm³/mol. The highest BCUT2D eigenvalue weighted by Crippen LogP contribution is 2.21. The minimum atomic E-state index is -0.237. The summed E-state index contributed by atoms with van der Waals surface area (Å²) in [6.07, 6.45) is 2.79. The van der Waals surface area contributed by atoms with Crippen LogP contribution in [0.25, 0.3) is 0 Å². The second kappa shape index (κ2) is 3.76. The SMILES string of the molecule is CC(=O)C#CC1=CC(C)(C)OCC1. The third-order valence-electron chi connectivity index (χ3n) is 1.77. The monoisotopic (exact) mass is 178 g/mol. The van der Waals surface area contributed by atoms with Crippen LogP contribution in [0.5, 0.6) is 0 Å². The molecule has 70 valence electrons. The fourth-order valence-electron chi connectivity index (χ4n) is 1.22. The number of carbonyl (C=O) groups excluding carboxylic acids is 1. The quantitative estimate of drug-likeness (QED) is 0.417. The molecule has 0 bridgehead atoms. The smallest absolute Gasteiger partial charge is 0.202 e. The summed E-state index contributed by atoms with van der Waals surface area (Å²) >= 11 is 0. The Morgan fingerprint density at radius 3 is 2.85 bits per heavy atom. The van der Waals surface area contributed by atoms with Crippen LogP contribution in [0, 0.1) is 11.8 Å². The average Bonchev–Trinajstić information content (AvgIpc) is 1.99. The molecule has 0 aromatic rings. The molecule has 0 unspecified atom stereocenters. The van der Waals surface area contributed by atoms with Gasteiger partial charge in [-0.05, 0) is 25.8 Å². The number of hydrogen-bond acceptors (Lipinski definition) is 2. The van der Waals surface area contributed by atoms with Gasteiger partial charge < -0.3 is 4.74 Å². The molecule has 0 amide bonds. The molecule has 0 saturated heterocycles. The number of ether oxygens (including phenoxy) is 1. The number of hydrogen-bond donors (Lipinski definition) is 0. The van der Waals surface area contributed by atoms with Crippen molar-refractivity contribution in [3.05, 3.63) is 11.6 Å². The summed E-state index contributed by atoms with van der Waals surface area (Å²) < 4.78 is 5.47. The first kappa shape index (κ1) is 10.0. The lowest BCUT2D eigenvalue weighted by Gasteiger charge is -2.26. The van der Waals surface area contributed by atoms with E-state index >= 15 is 0 Å². The van der Waals surface area contributed by atoms with Crippen LogP contribution in [-0.2, 0) is 9.53 Å². The molecule has 0 fully saturated rings. The van der Waals surface area contributed by atoms with Gasteiger partial charge in [-0.3, -0.25) is 4.79 Å². The molecule has 2 nitrogen and oxygen atoms in total. The maximum Gasteiger partial charge on any atom is 0.202 e. The first-order valence-corrected chi connectivity index (χ1v) is 4.38. The van der Waals surface area contributed by atoms with Crippen molar-refractivity contribution in [2.45, 2.75) is 32.8 Å². The highest BCUT2D eigenvalue weighted by molar-refractivity contribution is 5.93. The molecule has 13 heavy (non-hydrogen) atoms. The zero-order valence-corrected chi connectivity index (χ0v) is 8.31. The lowest BCUT2D eigenvalue weighted by atomic mass is 10.0. The summed E-state index contributed by atoms with van der Waals surface area (Å²) in [7, 11) is 0. The van der Waals surface area contributed by atoms with Crippen LogP contribution < -0.4 is 0 Å². The van der Waals surface area contributed by atoms with Gasteiger partial charge in [-0.2, -0.15) is 0 Å². The van der Waals surface area contributed by atoms with Crippen LogP contribution in [0.1, 0.15) is 27.2 Å². The normalized spacial score (nSPS) is 19.8. The summed E-state index contributed by atoms with van der Waals surface area (Å²) in [4.78, 5) is 10.6. The van der Waals surface area contributed by atoms with Gasteiger partial charge in [-0.25, -0.2) is 0 Å². The second-order valence-electron chi connectivity index (χ2n) is 3.68. The van der Waals surface area contributed by atoms with Gasteiger partial charge in [0.25, 0.3) is 0 Å². The minimum absolute atomic E-state index is 0.0924. The van der Waals surface area contributed by atoms with Gasteiger partial charge in [0.05, 0.1) is 12.2 Å². The van der Waals surface area contributed by atoms with Crippen molar-refractivity contribution in [3.63, 3.8) is 0 Å². The molecule has 0 spiro atoms. The van der Waals surface area contributed by atoms with E-state index in [1.54, 1.807) is 0 Å². The van der Waals surface area contributed by atoms with Crippen molar-refractivity contribution in [1.82, 2.24) is 0 Å². The Kier molecular flexibility index (Phi) is 2.90. The summed E-state index contributed by atoms with van der Waals surface area (Å²) in [5, 5.41) is 0. The third-order valence-corrected chi connectivity index (χ3v) is 1.77. The van der Waals surface area contributed by atoms with E-state index in [1.807, 2.05) is 19.9 Å². The molecular weight excluding hydrogens is 164 g/mol. The Morgan fingerprint density at radius 2 is 2.31 bits per heavy atom. The zero-order valence-electron chi connectivity index (χ0n) is 8.31. The van der Waals surface area contributed by atoms with Gasteiger partial charge in [0.1, 0.15) is 0 Å². The van der Waals surface area contributed by atoms with Crippen molar-refractivity contribution in [1.29, 1.82) is 0 Å². The molecule has 0 aliphatic carbocycles. The molecule has 0 radical (unpaired) electrons. The standard InChI is InChI=1S/C11H14O2/c1-9(12)4-5-10-6-7-13-11(2,3)8-10/h8H,6-7H2,1-3H3. The first-order chi connectivity index (χ1) is 5.99. The van der Waals surface area contributed by atoms with E-state index in [9.17, 15) is 4.79 Å². The number of ketones is 1. The molecule has 0 N–H and O–H groups in total. The van der Waals surface area contributed by atoms with Crippen LogP contribution in [-0.4, -0.2) is 18.0 Å². The Bertz CT molecular complexity index is 300. The van der Waals surface area contributed by atoms with Crippen molar-refractivity contribution in [2.75, 3.05) is 6.61 Å². The Hall–Kier alpha value is -1.07. The molecule has 2 heteroatoms. The molecule has 0 atom stereocenters. The van der Waals surface area contributed by atoms with Crippen molar-refractivity contribution in [3.8, 4) is 11.8 Å². The molecule has 1 rings (SSSR count). The predicted octanol–water partition coefficient (Wildman–Crippen LogP) is 1.70. The van der Waals surface area contributed by atoms with Crippen molar-refractivity contribution >= 4 is 5.78 Å². The molecule has 1 heterocycles. The van der Waals surface area contributed by atoms with E-state index in [1.165, 1.54) is 6.92 Å². The van der Waals surface area contributed by atoms with E-state index < -0.39 is 0 Å². The van der Waals surface area contributed by atoms with Crippen LogP contribution in [0.2, 0.25) is 0 Å². The van der Waals surface area contributed by atoms with Crippen LogP contribution in [0.15, 0.2) is 11.6 Å². The molecule has 0 saturated carbocycles. The Morgan fingerprint density at radius 1 is 1.62 bits per heavy atom. The van der Waals surface area contributed by atoms with Crippen molar-refractivity contribution < 1.29 is 9.53 Å². The van der Waals surface area contributed by atoms with Gasteiger partial charge >= 0.3 is 0 Å². The lowest BCUT2D eigenvalue weighted by molar-refractivity contribution is -0.111. The van der Waals surface area contributed by atoms with Crippen LogP contribution in [0.4, 0.5) is 0 Å². The molecule has 0 aromatic heterocycles. The fourth-order valence-corrected chi connectivity index (χ4v) is 1.22.